The summed E-state index contributed by atoms with van der Waals surface area (Å²) in [6, 6.07) is 9.87. The molecule has 0 saturated heterocycles. The number of anilines is 1. The van der Waals surface area contributed by atoms with E-state index in [0.717, 1.165) is 18.7 Å². The number of rotatable bonds is 8. The second-order valence-electron chi connectivity index (χ2n) is 6.35. The minimum atomic E-state index is -0.491. The maximum atomic E-state index is 12.5. The van der Waals surface area contributed by atoms with Gasteiger partial charge in [-0.05, 0) is 46.2 Å². The lowest BCUT2D eigenvalue weighted by Crippen LogP contribution is -2.45. The molecule has 0 atom stereocenters. The molecular formula is C17H28N2O2. The summed E-state index contributed by atoms with van der Waals surface area (Å²) in [5, 5.41) is 12.0. The first-order valence-corrected chi connectivity index (χ1v) is 7.58. The lowest BCUT2D eigenvalue weighted by atomic mass is 9.90. The van der Waals surface area contributed by atoms with E-state index in [4.69, 9.17) is 5.11 Å². The van der Waals surface area contributed by atoms with Gasteiger partial charge >= 0.3 is 0 Å². The van der Waals surface area contributed by atoms with Gasteiger partial charge in [-0.15, -0.1) is 0 Å². The minimum absolute atomic E-state index is 0.0170. The van der Waals surface area contributed by atoms with E-state index < -0.39 is 5.41 Å². The molecule has 0 heterocycles. The summed E-state index contributed by atoms with van der Waals surface area (Å²) in [5.41, 5.74) is 0.331. The molecular weight excluding hydrogens is 264 g/mol. The fourth-order valence-electron chi connectivity index (χ4n) is 2.19. The molecule has 1 aromatic carbocycles. The van der Waals surface area contributed by atoms with Crippen LogP contribution in [0.15, 0.2) is 30.3 Å². The van der Waals surface area contributed by atoms with Crippen molar-refractivity contribution < 1.29 is 9.90 Å². The van der Waals surface area contributed by atoms with Crippen LogP contribution in [0.1, 0.15) is 34.1 Å². The molecule has 0 aliphatic carbocycles. The number of hydrogen-bond acceptors (Lipinski definition) is 3. The van der Waals surface area contributed by atoms with E-state index in [2.05, 4.69) is 24.1 Å². The Kier molecular flexibility index (Phi) is 6.85. The summed E-state index contributed by atoms with van der Waals surface area (Å²) >= 11 is 0. The number of hydrogen-bond donors (Lipinski definition) is 2. The highest BCUT2D eigenvalue weighted by atomic mass is 16.3. The second kappa shape index (κ2) is 8.15. The summed E-state index contributed by atoms with van der Waals surface area (Å²) in [6.45, 7) is 9.80. The van der Waals surface area contributed by atoms with Crippen LogP contribution < -0.4 is 5.32 Å². The molecule has 0 saturated carbocycles. The molecule has 0 unspecified atom stereocenters. The lowest BCUT2D eigenvalue weighted by Gasteiger charge is -2.34. The average Bonchev–Trinajstić information content (AvgIpc) is 2.44. The van der Waals surface area contributed by atoms with Crippen molar-refractivity contribution in [3.8, 4) is 0 Å². The van der Waals surface area contributed by atoms with Gasteiger partial charge in [-0.2, -0.15) is 0 Å². The van der Waals surface area contributed by atoms with Crippen LogP contribution >= 0.6 is 0 Å². The molecule has 2 N–H and O–H groups in total. The summed E-state index contributed by atoms with van der Waals surface area (Å²) in [6.07, 6.45) is 0.731. The first kappa shape index (κ1) is 17.7. The molecule has 0 aliphatic heterocycles. The molecule has 21 heavy (non-hydrogen) atoms. The average molecular weight is 292 g/mol. The van der Waals surface area contributed by atoms with Crippen LogP contribution in [0.25, 0.3) is 0 Å². The number of carbonyl (C=O) groups is 1. The van der Waals surface area contributed by atoms with Crippen LogP contribution in [0.5, 0.6) is 0 Å². The number of benzene rings is 1. The molecule has 1 rings (SSSR count). The van der Waals surface area contributed by atoms with Crippen molar-refractivity contribution in [2.75, 3.05) is 25.0 Å². The third-order valence-corrected chi connectivity index (χ3v) is 3.58. The first-order valence-electron chi connectivity index (χ1n) is 7.58. The summed E-state index contributed by atoms with van der Waals surface area (Å²) in [7, 11) is 0. The maximum absolute atomic E-state index is 12.5. The van der Waals surface area contributed by atoms with Crippen molar-refractivity contribution in [1.82, 2.24) is 4.90 Å². The zero-order valence-electron chi connectivity index (χ0n) is 13.6. The molecule has 0 bridgehead atoms. The van der Waals surface area contributed by atoms with Crippen molar-refractivity contribution in [2.24, 2.45) is 5.41 Å². The van der Waals surface area contributed by atoms with E-state index in [-0.39, 0.29) is 12.5 Å². The fraction of sp³-hybridized carbons (Fsp3) is 0.588. The normalized spacial score (nSPS) is 12.0. The van der Waals surface area contributed by atoms with Crippen molar-refractivity contribution in [3.05, 3.63) is 30.3 Å². The first-order chi connectivity index (χ1) is 9.86. The number of amides is 1. The molecule has 0 aromatic heterocycles. The smallest absolute Gasteiger partial charge is 0.231 e. The quantitative estimate of drug-likeness (QED) is 0.774. The van der Waals surface area contributed by atoms with Crippen molar-refractivity contribution in [2.45, 2.75) is 40.2 Å². The van der Waals surface area contributed by atoms with Gasteiger partial charge in [-0.1, -0.05) is 18.2 Å². The third kappa shape index (κ3) is 5.86. The number of aliphatic hydroxyl groups excluding tert-OH is 1. The summed E-state index contributed by atoms with van der Waals surface area (Å²) in [4.78, 5) is 14.7. The van der Waals surface area contributed by atoms with Crippen LogP contribution in [0.3, 0.4) is 0 Å². The highest BCUT2D eigenvalue weighted by Gasteiger charge is 2.30. The van der Waals surface area contributed by atoms with Gasteiger partial charge in [0.05, 0.1) is 5.41 Å². The Balaban J connectivity index is 2.67. The molecule has 0 aliphatic rings. The highest BCUT2D eigenvalue weighted by molar-refractivity contribution is 5.94. The third-order valence-electron chi connectivity index (χ3n) is 3.58. The van der Waals surface area contributed by atoms with Gasteiger partial charge in [0.25, 0.3) is 0 Å². The molecule has 0 radical (unpaired) electrons. The van der Waals surface area contributed by atoms with E-state index in [1.54, 1.807) is 0 Å². The van der Waals surface area contributed by atoms with Gasteiger partial charge in [-0.3, -0.25) is 9.69 Å². The Morgan fingerprint density at radius 2 is 1.90 bits per heavy atom. The zero-order chi connectivity index (χ0) is 15.9. The van der Waals surface area contributed by atoms with Crippen LogP contribution in [-0.4, -0.2) is 41.7 Å². The number of carbonyl (C=O) groups excluding carboxylic acids is 1. The number of nitrogens with zero attached hydrogens (tertiary/aromatic N) is 1. The molecule has 1 amide bonds. The number of nitrogens with one attached hydrogen (secondary N) is 1. The van der Waals surface area contributed by atoms with Crippen LogP contribution in [0.2, 0.25) is 0 Å². The van der Waals surface area contributed by atoms with E-state index in [1.165, 1.54) is 0 Å². The van der Waals surface area contributed by atoms with Gasteiger partial charge in [-0.25, -0.2) is 0 Å². The molecule has 118 valence electrons. The Morgan fingerprint density at radius 1 is 1.29 bits per heavy atom. The summed E-state index contributed by atoms with van der Waals surface area (Å²) < 4.78 is 0. The minimum Gasteiger partial charge on any atom is -0.396 e. The van der Waals surface area contributed by atoms with Gasteiger partial charge < -0.3 is 10.4 Å². The van der Waals surface area contributed by atoms with E-state index in [0.29, 0.717) is 12.6 Å². The molecule has 0 spiro atoms. The molecule has 0 fully saturated rings. The zero-order valence-corrected chi connectivity index (χ0v) is 13.6. The largest absolute Gasteiger partial charge is 0.396 e. The van der Waals surface area contributed by atoms with Crippen molar-refractivity contribution >= 4 is 11.6 Å². The van der Waals surface area contributed by atoms with E-state index in [1.807, 2.05) is 44.2 Å². The van der Waals surface area contributed by atoms with Crippen LogP contribution in [0, 0.1) is 5.41 Å². The number of aliphatic hydroxyl groups is 1. The fourth-order valence-corrected chi connectivity index (χ4v) is 2.19. The van der Waals surface area contributed by atoms with Gasteiger partial charge in [0.1, 0.15) is 0 Å². The van der Waals surface area contributed by atoms with Gasteiger partial charge in [0.15, 0.2) is 0 Å². The maximum Gasteiger partial charge on any atom is 0.231 e. The molecule has 1 aromatic rings. The van der Waals surface area contributed by atoms with Crippen molar-refractivity contribution in [1.29, 1.82) is 0 Å². The second-order valence-corrected chi connectivity index (χ2v) is 6.35. The Bertz CT molecular complexity index is 430. The SMILES string of the molecule is CC(C)N(CCCO)CC(C)(C)C(=O)Nc1ccccc1. The van der Waals surface area contributed by atoms with Crippen molar-refractivity contribution in [3.63, 3.8) is 0 Å². The highest BCUT2D eigenvalue weighted by Crippen LogP contribution is 2.21. The monoisotopic (exact) mass is 292 g/mol. The Hall–Kier alpha value is -1.39. The van der Waals surface area contributed by atoms with Gasteiger partial charge in [0, 0.05) is 31.4 Å². The van der Waals surface area contributed by atoms with E-state index in [9.17, 15) is 4.79 Å². The molecule has 4 nitrogen and oxygen atoms in total. The standard InChI is InChI=1S/C17H28N2O2/c1-14(2)19(11-8-12-20)13-17(3,4)16(21)18-15-9-6-5-7-10-15/h5-7,9-10,14,20H,8,11-13H2,1-4H3,(H,18,21). The Morgan fingerprint density at radius 3 is 2.43 bits per heavy atom. The predicted octanol–water partition coefficient (Wildman–Crippen LogP) is 2.74. The van der Waals surface area contributed by atoms with Crippen LogP contribution in [0.4, 0.5) is 5.69 Å². The predicted molar refractivity (Wildman–Crippen MR) is 87.3 cm³/mol. The Labute approximate surface area is 128 Å². The number of para-hydroxylation sites is 1. The molecule has 4 heteroatoms. The summed E-state index contributed by atoms with van der Waals surface area (Å²) in [5.74, 6) is 0.0170. The lowest BCUT2D eigenvalue weighted by molar-refractivity contribution is -0.125. The van der Waals surface area contributed by atoms with Crippen LogP contribution in [-0.2, 0) is 4.79 Å². The topological polar surface area (TPSA) is 52.6 Å². The van der Waals surface area contributed by atoms with E-state index >= 15 is 0 Å². The van der Waals surface area contributed by atoms with Gasteiger partial charge in [0.2, 0.25) is 5.91 Å².